The van der Waals surface area contributed by atoms with Crippen molar-refractivity contribution in [2.75, 3.05) is 14.2 Å². The van der Waals surface area contributed by atoms with Crippen molar-refractivity contribution in [1.82, 2.24) is 19.7 Å². The van der Waals surface area contributed by atoms with Gasteiger partial charge in [0.1, 0.15) is 22.9 Å². The predicted octanol–water partition coefficient (Wildman–Crippen LogP) is 3.42. The minimum Gasteiger partial charge on any atom is -0.494 e. The van der Waals surface area contributed by atoms with E-state index in [1.54, 1.807) is 14.2 Å². The summed E-state index contributed by atoms with van der Waals surface area (Å²) >= 11 is 3.45. The molecule has 6 nitrogen and oxygen atoms in total. The first-order valence-corrected chi connectivity index (χ1v) is 7.71. The third-order valence-electron chi connectivity index (χ3n) is 3.37. The van der Waals surface area contributed by atoms with Crippen LogP contribution in [-0.4, -0.2) is 34.0 Å². The molecule has 0 atom stereocenters. The summed E-state index contributed by atoms with van der Waals surface area (Å²) < 4.78 is 13.3. The van der Waals surface area contributed by atoms with Crippen LogP contribution in [0.25, 0.3) is 17.2 Å². The van der Waals surface area contributed by atoms with Gasteiger partial charge in [0.15, 0.2) is 5.82 Å². The number of benzene rings is 1. The lowest BCUT2D eigenvalue weighted by Gasteiger charge is -2.15. The SMILES string of the molecule is COc1cccc(OC)c1-n1c(Br)nnc1-c1cccc(C)n1. The van der Waals surface area contributed by atoms with E-state index in [4.69, 9.17) is 9.47 Å². The molecule has 2 heterocycles. The number of halogens is 1. The van der Waals surface area contributed by atoms with Crippen molar-refractivity contribution in [2.45, 2.75) is 6.92 Å². The number of hydrogen-bond donors (Lipinski definition) is 0. The first kappa shape index (κ1) is 15.5. The van der Waals surface area contributed by atoms with Gasteiger partial charge >= 0.3 is 0 Å². The first-order chi connectivity index (χ1) is 11.2. The monoisotopic (exact) mass is 374 g/mol. The summed E-state index contributed by atoms with van der Waals surface area (Å²) in [7, 11) is 3.22. The molecule has 1 aromatic carbocycles. The van der Waals surface area contributed by atoms with Gasteiger partial charge in [-0.15, -0.1) is 10.2 Å². The van der Waals surface area contributed by atoms with Crippen LogP contribution in [0.3, 0.4) is 0 Å². The van der Waals surface area contributed by atoms with E-state index in [0.717, 1.165) is 11.4 Å². The molecule has 0 aliphatic heterocycles. The summed E-state index contributed by atoms with van der Waals surface area (Å²) in [5.41, 5.74) is 2.34. The van der Waals surface area contributed by atoms with Crippen LogP contribution in [0.5, 0.6) is 11.5 Å². The Kier molecular flexibility index (Phi) is 4.29. The fourth-order valence-corrected chi connectivity index (χ4v) is 2.77. The third-order valence-corrected chi connectivity index (χ3v) is 3.88. The summed E-state index contributed by atoms with van der Waals surface area (Å²) in [5, 5.41) is 8.38. The van der Waals surface area contributed by atoms with Crippen LogP contribution >= 0.6 is 15.9 Å². The number of nitrogens with zero attached hydrogens (tertiary/aromatic N) is 4. The standard InChI is InChI=1S/C16H15BrN4O2/c1-10-6-4-7-11(18-10)15-19-20-16(17)21(15)14-12(22-2)8-5-9-13(14)23-3/h4-9H,1-3H3. The van der Waals surface area contributed by atoms with Crippen LogP contribution in [0.1, 0.15) is 5.69 Å². The van der Waals surface area contributed by atoms with Crippen LogP contribution in [0.2, 0.25) is 0 Å². The number of rotatable bonds is 4. The second-order valence-corrected chi connectivity index (χ2v) is 5.51. The normalized spacial score (nSPS) is 10.6. The second-order valence-electron chi connectivity index (χ2n) is 4.80. The Labute approximate surface area is 142 Å². The molecule has 3 rings (SSSR count). The second kappa shape index (κ2) is 6.37. The summed E-state index contributed by atoms with van der Waals surface area (Å²) in [6.45, 7) is 1.93. The van der Waals surface area contributed by atoms with Crippen LogP contribution in [0.15, 0.2) is 41.1 Å². The zero-order valence-corrected chi connectivity index (χ0v) is 14.5. The number of methoxy groups -OCH3 is 2. The molecule has 0 unspecified atom stereocenters. The smallest absolute Gasteiger partial charge is 0.205 e. The molecule has 0 spiro atoms. The molecule has 0 aliphatic carbocycles. The average Bonchev–Trinajstić information content (AvgIpc) is 2.95. The van der Waals surface area contributed by atoms with Gasteiger partial charge in [0, 0.05) is 5.69 Å². The van der Waals surface area contributed by atoms with E-state index < -0.39 is 0 Å². The van der Waals surface area contributed by atoms with E-state index in [-0.39, 0.29) is 0 Å². The zero-order valence-electron chi connectivity index (χ0n) is 12.9. The Morgan fingerprint density at radius 1 is 0.957 bits per heavy atom. The lowest BCUT2D eigenvalue weighted by atomic mass is 10.2. The number of aryl methyl sites for hydroxylation is 1. The van der Waals surface area contributed by atoms with Gasteiger partial charge in [-0.2, -0.15) is 0 Å². The quantitative estimate of drug-likeness (QED) is 0.699. The number of para-hydroxylation sites is 1. The molecule has 0 bridgehead atoms. The molecular formula is C16H15BrN4O2. The average molecular weight is 375 g/mol. The molecule has 7 heteroatoms. The molecule has 0 saturated heterocycles. The summed E-state index contributed by atoms with van der Waals surface area (Å²) in [6.07, 6.45) is 0. The molecule has 0 amide bonds. The van der Waals surface area contributed by atoms with Gasteiger partial charge in [-0.25, -0.2) is 4.98 Å². The van der Waals surface area contributed by atoms with Crippen LogP contribution in [-0.2, 0) is 0 Å². The minimum atomic E-state index is 0.540. The van der Waals surface area contributed by atoms with Gasteiger partial charge in [0.2, 0.25) is 4.73 Å². The summed E-state index contributed by atoms with van der Waals surface area (Å²) in [6, 6.07) is 11.3. The van der Waals surface area contributed by atoms with E-state index in [2.05, 4.69) is 31.1 Å². The fourth-order valence-electron chi connectivity index (χ4n) is 2.35. The van der Waals surface area contributed by atoms with Crippen molar-refractivity contribution in [3.05, 3.63) is 46.8 Å². The Hall–Kier alpha value is -2.41. The van der Waals surface area contributed by atoms with Crippen molar-refractivity contribution < 1.29 is 9.47 Å². The zero-order chi connectivity index (χ0) is 16.4. The number of ether oxygens (including phenoxy) is 2. The topological polar surface area (TPSA) is 62.1 Å². The van der Waals surface area contributed by atoms with Gasteiger partial charge in [0.25, 0.3) is 0 Å². The lowest BCUT2D eigenvalue weighted by molar-refractivity contribution is 0.391. The predicted molar refractivity (Wildman–Crippen MR) is 90.1 cm³/mol. The molecule has 0 aliphatic rings. The van der Waals surface area contributed by atoms with Crippen molar-refractivity contribution >= 4 is 15.9 Å². The third kappa shape index (κ3) is 2.79. The fraction of sp³-hybridized carbons (Fsp3) is 0.188. The molecule has 0 radical (unpaired) electrons. The van der Waals surface area contributed by atoms with Gasteiger partial charge in [-0.3, -0.25) is 4.57 Å². The van der Waals surface area contributed by atoms with Gasteiger partial charge in [-0.1, -0.05) is 12.1 Å². The molecular weight excluding hydrogens is 360 g/mol. The van der Waals surface area contributed by atoms with Crippen molar-refractivity contribution in [1.29, 1.82) is 0 Å². The Balaban J connectivity index is 2.29. The van der Waals surface area contributed by atoms with Crippen molar-refractivity contribution in [3.8, 4) is 28.7 Å². The lowest BCUT2D eigenvalue weighted by Crippen LogP contribution is -2.04. The maximum atomic E-state index is 5.48. The van der Waals surface area contributed by atoms with Crippen molar-refractivity contribution in [2.24, 2.45) is 0 Å². The van der Waals surface area contributed by atoms with Gasteiger partial charge in [0.05, 0.1) is 14.2 Å². The molecule has 0 N–H and O–H groups in total. The first-order valence-electron chi connectivity index (χ1n) is 6.92. The molecule has 23 heavy (non-hydrogen) atoms. The maximum absolute atomic E-state index is 5.48. The molecule has 0 fully saturated rings. The minimum absolute atomic E-state index is 0.540. The molecule has 0 saturated carbocycles. The highest BCUT2D eigenvalue weighted by atomic mass is 79.9. The Morgan fingerprint density at radius 2 is 1.61 bits per heavy atom. The molecule has 3 aromatic rings. The highest BCUT2D eigenvalue weighted by molar-refractivity contribution is 9.10. The van der Waals surface area contributed by atoms with E-state index in [9.17, 15) is 0 Å². The number of pyridine rings is 1. The van der Waals surface area contributed by atoms with Crippen molar-refractivity contribution in [3.63, 3.8) is 0 Å². The Bertz CT molecular complexity index is 826. The highest BCUT2D eigenvalue weighted by Gasteiger charge is 2.21. The number of aromatic nitrogens is 4. The van der Waals surface area contributed by atoms with E-state index in [0.29, 0.717) is 27.7 Å². The largest absolute Gasteiger partial charge is 0.494 e. The van der Waals surface area contributed by atoms with E-state index >= 15 is 0 Å². The molecule has 118 valence electrons. The van der Waals surface area contributed by atoms with Crippen LogP contribution in [0, 0.1) is 6.92 Å². The van der Waals surface area contributed by atoms with Gasteiger partial charge in [-0.05, 0) is 47.1 Å². The summed E-state index contributed by atoms with van der Waals surface area (Å²) in [5.74, 6) is 1.90. The Morgan fingerprint density at radius 3 is 2.22 bits per heavy atom. The van der Waals surface area contributed by atoms with Gasteiger partial charge < -0.3 is 9.47 Å². The van der Waals surface area contributed by atoms with E-state index in [1.165, 1.54) is 0 Å². The van der Waals surface area contributed by atoms with Crippen LogP contribution < -0.4 is 9.47 Å². The number of hydrogen-bond acceptors (Lipinski definition) is 5. The summed E-state index contributed by atoms with van der Waals surface area (Å²) in [4.78, 5) is 4.53. The highest BCUT2D eigenvalue weighted by Crippen LogP contribution is 2.36. The maximum Gasteiger partial charge on any atom is 0.205 e. The molecule has 2 aromatic heterocycles. The van der Waals surface area contributed by atoms with Crippen LogP contribution in [0.4, 0.5) is 0 Å². The van der Waals surface area contributed by atoms with E-state index in [1.807, 2.05) is 47.9 Å².